The van der Waals surface area contributed by atoms with E-state index in [4.69, 9.17) is 11.5 Å². The monoisotopic (exact) mass is 217 g/mol. The Bertz CT molecular complexity index is 108. The maximum Gasteiger partial charge on any atom is 0.0107 e. The Kier molecular flexibility index (Phi) is 11.7. The third-order valence-corrected chi connectivity index (χ3v) is 2.30. The lowest BCUT2D eigenvalue weighted by molar-refractivity contribution is 0.287. The molecule has 0 fully saturated rings. The van der Waals surface area contributed by atoms with E-state index in [1.54, 1.807) is 0 Å². The van der Waals surface area contributed by atoms with Crippen LogP contribution >= 0.6 is 0 Å². The average Bonchev–Trinajstić information content (AvgIpc) is 2.27. The Morgan fingerprint density at radius 1 is 0.867 bits per heavy atom. The molecule has 0 heterocycles. The van der Waals surface area contributed by atoms with Gasteiger partial charge in [0.05, 0.1) is 0 Å². The molecule has 0 saturated heterocycles. The average molecular weight is 217 g/mol. The second-order valence-corrected chi connectivity index (χ2v) is 3.51. The van der Waals surface area contributed by atoms with Gasteiger partial charge in [-0.3, -0.25) is 0 Å². The minimum Gasteiger partial charge on any atom is -0.329 e. The van der Waals surface area contributed by atoms with Crippen LogP contribution in [0.2, 0.25) is 0 Å². The van der Waals surface area contributed by atoms with Crippen LogP contribution in [-0.4, -0.2) is 63.8 Å². The van der Waals surface area contributed by atoms with Crippen LogP contribution in [0.1, 0.15) is 6.92 Å². The van der Waals surface area contributed by atoms with Crippen molar-refractivity contribution in [1.82, 2.24) is 15.5 Å². The van der Waals surface area contributed by atoms with Crippen LogP contribution < -0.4 is 22.1 Å². The molecule has 5 heteroatoms. The molecule has 0 saturated carbocycles. The summed E-state index contributed by atoms with van der Waals surface area (Å²) in [5.74, 6) is 0. The molecule has 5 nitrogen and oxygen atoms in total. The third-order valence-electron chi connectivity index (χ3n) is 2.30. The molecule has 0 aromatic heterocycles. The summed E-state index contributed by atoms with van der Waals surface area (Å²) in [5, 5.41) is 6.59. The maximum atomic E-state index is 5.39. The number of nitrogens with one attached hydrogen (secondary N) is 2. The molecular formula is C10H27N5. The Labute approximate surface area is 93.6 Å². The van der Waals surface area contributed by atoms with Crippen molar-refractivity contribution in [2.45, 2.75) is 6.92 Å². The smallest absolute Gasteiger partial charge is 0.0107 e. The van der Waals surface area contributed by atoms with Gasteiger partial charge in [-0.2, -0.15) is 0 Å². The second kappa shape index (κ2) is 11.9. The molecular weight excluding hydrogens is 190 g/mol. The minimum absolute atomic E-state index is 0.712. The summed E-state index contributed by atoms with van der Waals surface area (Å²) >= 11 is 0. The van der Waals surface area contributed by atoms with E-state index >= 15 is 0 Å². The molecule has 0 radical (unpaired) electrons. The SMILES string of the molecule is CCN(CCNCCN)CCNCCN. The first-order valence-electron chi connectivity index (χ1n) is 5.89. The normalized spacial score (nSPS) is 11.2. The molecule has 0 unspecified atom stereocenters. The maximum absolute atomic E-state index is 5.39. The van der Waals surface area contributed by atoms with Gasteiger partial charge in [-0.15, -0.1) is 0 Å². The van der Waals surface area contributed by atoms with Gasteiger partial charge >= 0.3 is 0 Å². The fourth-order valence-corrected chi connectivity index (χ4v) is 1.36. The van der Waals surface area contributed by atoms with Crippen molar-refractivity contribution in [3.63, 3.8) is 0 Å². The summed E-state index contributed by atoms with van der Waals surface area (Å²) in [4.78, 5) is 2.41. The molecule has 0 aliphatic carbocycles. The predicted molar refractivity (Wildman–Crippen MR) is 66.0 cm³/mol. The summed E-state index contributed by atoms with van der Waals surface area (Å²) < 4.78 is 0. The van der Waals surface area contributed by atoms with E-state index in [1.807, 2.05) is 0 Å². The van der Waals surface area contributed by atoms with Gasteiger partial charge in [0.2, 0.25) is 0 Å². The van der Waals surface area contributed by atoms with Gasteiger partial charge in [0, 0.05) is 52.4 Å². The van der Waals surface area contributed by atoms with Gasteiger partial charge in [0.1, 0.15) is 0 Å². The fourth-order valence-electron chi connectivity index (χ4n) is 1.36. The van der Waals surface area contributed by atoms with Crippen LogP contribution in [0.15, 0.2) is 0 Å². The molecule has 0 aromatic carbocycles. The first kappa shape index (κ1) is 14.8. The molecule has 15 heavy (non-hydrogen) atoms. The highest BCUT2D eigenvalue weighted by Crippen LogP contribution is 1.84. The summed E-state index contributed by atoms with van der Waals surface area (Å²) in [7, 11) is 0. The summed E-state index contributed by atoms with van der Waals surface area (Å²) in [6.45, 7) is 10.7. The Morgan fingerprint density at radius 2 is 1.33 bits per heavy atom. The quantitative estimate of drug-likeness (QED) is 0.314. The number of nitrogens with zero attached hydrogens (tertiary/aromatic N) is 1. The van der Waals surface area contributed by atoms with E-state index in [1.165, 1.54) is 0 Å². The van der Waals surface area contributed by atoms with Gasteiger partial charge in [-0.25, -0.2) is 0 Å². The number of nitrogens with two attached hydrogens (primary N) is 2. The molecule has 0 aromatic rings. The van der Waals surface area contributed by atoms with E-state index in [-0.39, 0.29) is 0 Å². The lowest BCUT2D eigenvalue weighted by Gasteiger charge is -2.20. The molecule has 0 bridgehead atoms. The molecule has 0 atom stereocenters. The van der Waals surface area contributed by atoms with Crippen LogP contribution in [0.4, 0.5) is 0 Å². The lowest BCUT2D eigenvalue weighted by Crippen LogP contribution is -2.38. The highest BCUT2D eigenvalue weighted by Gasteiger charge is 2.00. The molecule has 0 rings (SSSR count). The molecule has 92 valence electrons. The number of hydrogen-bond donors (Lipinski definition) is 4. The number of likely N-dealkylation sites (N-methyl/N-ethyl adjacent to an activating group) is 1. The van der Waals surface area contributed by atoms with E-state index in [2.05, 4.69) is 22.5 Å². The van der Waals surface area contributed by atoms with Crippen molar-refractivity contribution < 1.29 is 0 Å². The van der Waals surface area contributed by atoms with Gasteiger partial charge in [-0.1, -0.05) is 6.92 Å². The van der Waals surface area contributed by atoms with Gasteiger partial charge in [0.25, 0.3) is 0 Å². The highest BCUT2D eigenvalue weighted by atomic mass is 15.1. The van der Waals surface area contributed by atoms with Crippen LogP contribution in [-0.2, 0) is 0 Å². The zero-order valence-electron chi connectivity index (χ0n) is 9.97. The first-order chi connectivity index (χ1) is 7.35. The molecule has 6 N–H and O–H groups in total. The van der Waals surface area contributed by atoms with Crippen LogP contribution in [0.25, 0.3) is 0 Å². The van der Waals surface area contributed by atoms with Gasteiger partial charge in [0.15, 0.2) is 0 Å². The van der Waals surface area contributed by atoms with E-state index < -0.39 is 0 Å². The molecule has 0 amide bonds. The molecule has 0 aliphatic heterocycles. The number of hydrogen-bond acceptors (Lipinski definition) is 5. The van der Waals surface area contributed by atoms with Crippen molar-refractivity contribution in [1.29, 1.82) is 0 Å². The van der Waals surface area contributed by atoms with E-state index in [0.29, 0.717) is 13.1 Å². The fraction of sp³-hybridized carbons (Fsp3) is 1.00. The zero-order valence-corrected chi connectivity index (χ0v) is 9.97. The zero-order chi connectivity index (χ0) is 11.4. The summed E-state index contributed by atoms with van der Waals surface area (Å²) in [6.07, 6.45) is 0. The predicted octanol–water partition coefficient (Wildman–Crippen LogP) is -1.60. The van der Waals surface area contributed by atoms with Crippen molar-refractivity contribution >= 4 is 0 Å². The van der Waals surface area contributed by atoms with Crippen molar-refractivity contribution in [2.24, 2.45) is 11.5 Å². The van der Waals surface area contributed by atoms with Crippen LogP contribution in [0.5, 0.6) is 0 Å². The lowest BCUT2D eigenvalue weighted by atomic mass is 10.4. The molecule has 0 spiro atoms. The van der Waals surface area contributed by atoms with E-state index in [9.17, 15) is 0 Å². The third kappa shape index (κ3) is 10.1. The summed E-state index contributed by atoms with van der Waals surface area (Å²) in [6, 6.07) is 0. The van der Waals surface area contributed by atoms with Gasteiger partial charge < -0.3 is 27.0 Å². The summed E-state index contributed by atoms with van der Waals surface area (Å²) in [5.41, 5.74) is 10.8. The van der Waals surface area contributed by atoms with Crippen molar-refractivity contribution in [3.05, 3.63) is 0 Å². The second-order valence-electron chi connectivity index (χ2n) is 3.51. The van der Waals surface area contributed by atoms with E-state index in [0.717, 1.165) is 45.8 Å². The first-order valence-corrected chi connectivity index (χ1v) is 5.89. The van der Waals surface area contributed by atoms with Crippen molar-refractivity contribution in [3.8, 4) is 0 Å². The topological polar surface area (TPSA) is 79.3 Å². The van der Waals surface area contributed by atoms with Crippen LogP contribution in [0.3, 0.4) is 0 Å². The number of rotatable bonds is 11. The largest absolute Gasteiger partial charge is 0.329 e. The Morgan fingerprint density at radius 3 is 1.67 bits per heavy atom. The van der Waals surface area contributed by atoms with Gasteiger partial charge in [-0.05, 0) is 6.54 Å². The minimum atomic E-state index is 0.712. The Hall–Kier alpha value is -0.200. The highest BCUT2D eigenvalue weighted by molar-refractivity contribution is 4.60. The van der Waals surface area contributed by atoms with Crippen molar-refractivity contribution in [2.75, 3.05) is 58.9 Å². The standard InChI is InChI=1S/C10H27N5/c1-2-15(9-7-13-5-3-11)10-8-14-6-4-12/h13-14H,2-12H2,1H3. The Balaban J connectivity index is 3.29. The van der Waals surface area contributed by atoms with Crippen LogP contribution in [0, 0.1) is 0 Å². The molecule has 0 aliphatic rings.